The first-order valence-electron chi connectivity index (χ1n) is 5.79. The molecule has 4 heteroatoms. The summed E-state index contributed by atoms with van der Waals surface area (Å²) in [4.78, 5) is 11.7. The Morgan fingerprint density at radius 1 is 1.53 bits per heavy atom. The predicted octanol–water partition coefficient (Wildman–Crippen LogP) is 1.43. The summed E-state index contributed by atoms with van der Waals surface area (Å²) < 4.78 is 12.7. The third-order valence-corrected chi connectivity index (χ3v) is 3.00. The van der Waals surface area contributed by atoms with Crippen molar-refractivity contribution >= 4 is 5.91 Å². The van der Waals surface area contributed by atoms with Gasteiger partial charge in [0.05, 0.1) is 6.10 Å². The van der Waals surface area contributed by atoms with E-state index in [0.717, 1.165) is 12.0 Å². The van der Waals surface area contributed by atoms with E-state index in [-0.39, 0.29) is 30.1 Å². The largest absolute Gasteiger partial charge is 0.392 e. The standard InChI is InChI=1S/C13H16FNO2/c1-8(16)7-15-13(17)12-6-11(12)9-2-4-10(14)5-3-9/h2-5,8,11-12,16H,6-7H2,1H3,(H,15,17)/t8-,11+,12+/m0/s1. The fourth-order valence-corrected chi connectivity index (χ4v) is 1.94. The Kier molecular flexibility index (Phi) is 3.43. The van der Waals surface area contributed by atoms with E-state index in [2.05, 4.69) is 5.32 Å². The number of nitrogens with one attached hydrogen (secondary N) is 1. The van der Waals surface area contributed by atoms with Gasteiger partial charge in [0.15, 0.2) is 0 Å². The molecule has 0 bridgehead atoms. The van der Waals surface area contributed by atoms with E-state index >= 15 is 0 Å². The summed E-state index contributed by atoms with van der Waals surface area (Å²) in [7, 11) is 0. The van der Waals surface area contributed by atoms with Crippen LogP contribution in [-0.2, 0) is 4.79 Å². The molecule has 0 saturated heterocycles. The van der Waals surface area contributed by atoms with E-state index in [1.807, 2.05) is 0 Å². The molecule has 0 unspecified atom stereocenters. The van der Waals surface area contributed by atoms with Crippen molar-refractivity contribution in [3.63, 3.8) is 0 Å². The van der Waals surface area contributed by atoms with Crippen molar-refractivity contribution in [2.75, 3.05) is 6.54 Å². The van der Waals surface area contributed by atoms with Gasteiger partial charge >= 0.3 is 0 Å². The van der Waals surface area contributed by atoms with Crippen LogP contribution < -0.4 is 5.32 Å². The van der Waals surface area contributed by atoms with Crippen LogP contribution in [0.15, 0.2) is 24.3 Å². The number of hydrogen-bond donors (Lipinski definition) is 2. The molecule has 0 spiro atoms. The maximum atomic E-state index is 12.7. The lowest BCUT2D eigenvalue weighted by atomic mass is 10.1. The number of hydrogen-bond acceptors (Lipinski definition) is 2. The van der Waals surface area contributed by atoms with Gasteiger partial charge in [-0.05, 0) is 37.0 Å². The summed E-state index contributed by atoms with van der Waals surface area (Å²) in [6.45, 7) is 1.91. The van der Waals surface area contributed by atoms with E-state index in [9.17, 15) is 9.18 Å². The SMILES string of the molecule is C[C@H](O)CNC(=O)[C@@H]1C[C@@H]1c1ccc(F)cc1. The molecule has 2 rings (SSSR count). The number of rotatable bonds is 4. The number of aliphatic hydroxyl groups is 1. The molecule has 0 aromatic heterocycles. The molecule has 3 nitrogen and oxygen atoms in total. The molecule has 2 N–H and O–H groups in total. The third kappa shape index (κ3) is 3.03. The van der Waals surface area contributed by atoms with Gasteiger partial charge in [-0.15, -0.1) is 0 Å². The topological polar surface area (TPSA) is 49.3 Å². The smallest absolute Gasteiger partial charge is 0.223 e. The monoisotopic (exact) mass is 237 g/mol. The average Bonchev–Trinajstić information content (AvgIpc) is 3.07. The number of halogens is 1. The molecule has 1 aliphatic rings. The van der Waals surface area contributed by atoms with Gasteiger partial charge in [-0.2, -0.15) is 0 Å². The van der Waals surface area contributed by atoms with Crippen LogP contribution in [0.4, 0.5) is 4.39 Å². The molecule has 1 fully saturated rings. The van der Waals surface area contributed by atoms with Crippen LogP contribution in [0.25, 0.3) is 0 Å². The number of aliphatic hydroxyl groups excluding tert-OH is 1. The first kappa shape index (κ1) is 12.0. The summed E-state index contributed by atoms with van der Waals surface area (Å²) in [5.74, 6) is -0.117. The number of benzene rings is 1. The van der Waals surface area contributed by atoms with Crippen LogP contribution >= 0.6 is 0 Å². The molecule has 1 amide bonds. The van der Waals surface area contributed by atoms with Crippen LogP contribution in [0.1, 0.15) is 24.8 Å². The third-order valence-electron chi connectivity index (χ3n) is 3.00. The minimum absolute atomic E-state index is 0.0276. The van der Waals surface area contributed by atoms with Gasteiger partial charge in [0.1, 0.15) is 5.82 Å². The van der Waals surface area contributed by atoms with Crippen LogP contribution in [0, 0.1) is 11.7 Å². The van der Waals surface area contributed by atoms with Crippen molar-refractivity contribution in [1.82, 2.24) is 5.32 Å². The van der Waals surface area contributed by atoms with Crippen molar-refractivity contribution in [3.8, 4) is 0 Å². The Bertz CT molecular complexity index is 402. The molecule has 92 valence electrons. The predicted molar refractivity (Wildman–Crippen MR) is 61.9 cm³/mol. The second-order valence-corrected chi connectivity index (χ2v) is 4.59. The first-order valence-corrected chi connectivity index (χ1v) is 5.79. The number of amides is 1. The van der Waals surface area contributed by atoms with Crippen LogP contribution in [-0.4, -0.2) is 23.7 Å². The summed E-state index contributed by atoms with van der Waals surface area (Å²) in [6, 6.07) is 6.28. The van der Waals surface area contributed by atoms with Gasteiger partial charge in [0, 0.05) is 12.5 Å². The normalized spacial score (nSPS) is 24.2. The summed E-state index contributed by atoms with van der Waals surface area (Å²) >= 11 is 0. The molecule has 3 atom stereocenters. The molecule has 0 aliphatic heterocycles. The van der Waals surface area contributed by atoms with Gasteiger partial charge in [-0.3, -0.25) is 4.79 Å². The maximum absolute atomic E-state index is 12.7. The highest BCUT2D eigenvalue weighted by Gasteiger charge is 2.43. The fourth-order valence-electron chi connectivity index (χ4n) is 1.94. The average molecular weight is 237 g/mol. The Morgan fingerprint density at radius 3 is 2.76 bits per heavy atom. The molecular formula is C13H16FNO2. The number of carbonyl (C=O) groups excluding carboxylic acids is 1. The maximum Gasteiger partial charge on any atom is 0.223 e. The van der Waals surface area contributed by atoms with Crippen molar-refractivity contribution in [2.45, 2.75) is 25.4 Å². The highest BCUT2D eigenvalue weighted by molar-refractivity contribution is 5.82. The molecule has 0 heterocycles. The Morgan fingerprint density at radius 2 is 2.18 bits per heavy atom. The van der Waals surface area contributed by atoms with Gasteiger partial charge in [0.2, 0.25) is 5.91 Å². The second-order valence-electron chi connectivity index (χ2n) is 4.59. The Labute approximate surface area is 99.7 Å². The van der Waals surface area contributed by atoms with Crippen molar-refractivity contribution < 1.29 is 14.3 Å². The zero-order chi connectivity index (χ0) is 12.4. The van der Waals surface area contributed by atoms with E-state index in [1.165, 1.54) is 12.1 Å². The van der Waals surface area contributed by atoms with Crippen molar-refractivity contribution in [1.29, 1.82) is 0 Å². The zero-order valence-electron chi connectivity index (χ0n) is 9.69. The lowest BCUT2D eigenvalue weighted by Gasteiger charge is -2.06. The Hall–Kier alpha value is -1.42. The molecule has 1 aliphatic carbocycles. The van der Waals surface area contributed by atoms with Crippen LogP contribution in [0.3, 0.4) is 0 Å². The van der Waals surface area contributed by atoms with E-state index in [1.54, 1.807) is 19.1 Å². The molecule has 1 aromatic carbocycles. The quantitative estimate of drug-likeness (QED) is 0.832. The van der Waals surface area contributed by atoms with Crippen LogP contribution in [0.2, 0.25) is 0 Å². The minimum Gasteiger partial charge on any atom is -0.392 e. The number of carbonyl (C=O) groups is 1. The van der Waals surface area contributed by atoms with E-state index < -0.39 is 6.10 Å². The van der Waals surface area contributed by atoms with Crippen LogP contribution in [0.5, 0.6) is 0 Å². The lowest BCUT2D eigenvalue weighted by molar-refractivity contribution is -0.122. The molecule has 1 aromatic rings. The second kappa shape index (κ2) is 4.84. The molecular weight excluding hydrogens is 221 g/mol. The fraction of sp³-hybridized carbons (Fsp3) is 0.462. The molecule has 0 radical (unpaired) electrons. The zero-order valence-corrected chi connectivity index (χ0v) is 9.69. The Balaban J connectivity index is 1.87. The first-order chi connectivity index (χ1) is 8.08. The highest BCUT2D eigenvalue weighted by Crippen LogP contribution is 2.47. The van der Waals surface area contributed by atoms with Gasteiger partial charge < -0.3 is 10.4 Å². The van der Waals surface area contributed by atoms with Crippen molar-refractivity contribution in [3.05, 3.63) is 35.6 Å². The highest BCUT2D eigenvalue weighted by atomic mass is 19.1. The van der Waals surface area contributed by atoms with Gasteiger partial charge in [-0.25, -0.2) is 4.39 Å². The van der Waals surface area contributed by atoms with Gasteiger partial charge in [0.25, 0.3) is 0 Å². The minimum atomic E-state index is -0.526. The lowest BCUT2D eigenvalue weighted by Crippen LogP contribution is -2.31. The van der Waals surface area contributed by atoms with E-state index in [4.69, 9.17) is 5.11 Å². The van der Waals surface area contributed by atoms with E-state index in [0.29, 0.717) is 0 Å². The summed E-state index contributed by atoms with van der Waals surface area (Å²) in [5, 5.41) is 11.8. The van der Waals surface area contributed by atoms with Crippen molar-refractivity contribution in [2.24, 2.45) is 5.92 Å². The summed E-state index contributed by atoms with van der Waals surface area (Å²) in [6.07, 6.45) is 0.277. The summed E-state index contributed by atoms with van der Waals surface area (Å²) in [5.41, 5.74) is 1.00. The molecule has 1 saturated carbocycles. The molecule has 17 heavy (non-hydrogen) atoms. The van der Waals surface area contributed by atoms with Gasteiger partial charge in [-0.1, -0.05) is 12.1 Å².